The average Bonchev–Trinajstić information content (AvgIpc) is 2.59. The standard InChI is InChI=1S/C9H18N2O3/c1-14-5-3-10-6-9(13)11-4-2-8(12)7-11/h8,10,12H,2-7H2,1H3/t8-/m0/s1. The lowest BCUT2D eigenvalue weighted by atomic mass is 10.3. The SMILES string of the molecule is COCCNCC(=O)N1CC[C@H](O)C1. The summed E-state index contributed by atoms with van der Waals surface area (Å²) in [6, 6.07) is 0. The Hall–Kier alpha value is -0.650. The number of nitrogens with one attached hydrogen (secondary N) is 1. The van der Waals surface area contributed by atoms with Gasteiger partial charge in [-0.05, 0) is 6.42 Å². The Kier molecular flexibility index (Phi) is 4.86. The van der Waals surface area contributed by atoms with Gasteiger partial charge in [0.1, 0.15) is 0 Å². The molecular formula is C9H18N2O3. The Morgan fingerprint density at radius 2 is 2.50 bits per heavy atom. The van der Waals surface area contributed by atoms with Gasteiger partial charge in [0.05, 0.1) is 19.3 Å². The molecule has 0 aliphatic carbocycles. The van der Waals surface area contributed by atoms with Crippen LogP contribution < -0.4 is 5.32 Å². The van der Waals surface area contributed by atoms with E-state index in [1.54, 1.807) is 12.0 Å². The number of hydrogen-bond acceptors (Lipinski definition) is 4. The zero-order valence-corrected chi connectivity index (χ0v) is 8.53. The molecule has 0 saturated carbocycles. The summed E-state index contributed by atoms with van der Waals surface area (Å²) in [6.45, 7) is 2.77. The van der Waals surface area contributed by atoms with Gasteiger partial charge in [-0.1, -0.05) is 0 Å². The molecular weight excluding hydrogens is 184 g/mol. The van der Waals surface area contributed by atoms with Crippen LogP contribution in [0.2, 0.25) is 0 Å². The van der Waals surface area contributed by atoms with Gasteiger partial charge in [0.2, 0.25) is 5.91 Å². The fraction of sp³-hybridized carbons (Fsp3) is 0.889. The predicted octanol–water partition coefficient (Wildman–Crippen LogP) is -1.18. The zero-order chi connectivity index (χ0) is 10.4. The molecule has 1 aliphatic heterocycles. The third-order valence-corrected chi connectivity index (χ3v) is 2.28. The van der Waals surface area contributed by atoms with Crippen LogP contribution in [0.3, 0.4) is 0 Å². The van der Waals surface area contributed by atoms with Crippen LogP contribution in [0.1, 0.15) is 6.42 Å². The van der Waals surface area contributed by atoms with E-state index >= 15 is 0 Å². The number of likely N-dealkylation sites (tertiary alicyclic amines) is 1. The molecule has 82 valence electrons. The minimum atomic E-state index is -0.335. The number of rotatable bonds is 5. The Bertz CT molecular complexity index is 187. The molecule has 1 atom stereocenters. The number of hydrogen-bond donors (Lipinski definition) is 2. The van der Waals surface area contributed by atoms with Crippen LogP contribution >= 0.6 is 0 Å². The summed E-state index contributed by atoms with van der Waals surface area (Å²) in [6.07, 6.45) is 0.363. The largest absolute Gasteiger partial charge is 0.391 e. The highest BCUT2D eigenvalue weighted by molar-refractivity contribution is 5.78. The summed E-state index contributed by atoms with van der Waals surface area (Å²) in [5.41, 5.74) is 0. The van der Waals surface area contributed by atoms with E-state index in [2.05, 4.69) is 5.32 Å². The van der Waals surface area contributed by atoms with Crippen LogP contribution in [-0.2, 0) is 9.53 Å². The van der Waals surface area contributed by atoms with Crippen molar-refractivity contribution < 1.29 is 14.6 Å². The Morgan fingerprint density at radius 1 is 1.71 bits per heavy atom. The van der Waals surface area contributed by atoms with Crippen LogP contribution in [0, 0.1) is 0 Å². The van der Waals surface area contributed by atoms with Gasteiger partial charge >= 0.3 is 0 Å². The molecule has 0 bridgehead atoms. The highest BCUT2D eigenvalue weighted by Gasteiger charge is 2.23. The molecule has 0 aromatic carbocycles. The Morgan fingerprint density at radius 3 is 3.07 bits per heavy atom. The molecule has 1 heterocycles. The topological polar surface area (TPSA) is 61.8 Å². The Balaban J connectivity index is 2.09. The van der Waals surface area contributed by atoms with Gasteiger partial charge in [-0.15, -0.1) is 0 Å². The predicted molar refractivity (Wildman–Crippen MR) is 51.9 cm³/mol. The number of ether oxygens (including phenoxy) is 1. The number of carbonyl (C=O) groups excluding carboxylic acids is 1. The summed E-state index contributed by atoms with van der Waals surface area (Å²) >= 11 is 0. The maximum absolute atomic E-state index is 11.5. The highest BCUT2D eigenvalue weighted by Crippen LogP contribution is 2.07. The van der Waals surface area contributed by atoms with E-state index in [0.717, 1.165) is 0 Å². The first-order chi connectivity index (χ1) is 6.74. The van der Waals surface area contributed by atoms with Crippen LogP contribution in [0.15, 0.2) is 0 Å². The van der Waals surface area contributed by atoms with Gasteiger partial charge in [0, 0.05) is 26.7 Å². The fourth-order valence-electron chi connectivity index (χ4n) is 1.45. The van der Waals surface area contributed by atoms with Gasteiger partial charge in [-0.3, -0.25) is 4.79 Å². The monoisotopic (exact) mass is 202 g/mol. The molecule has 0 aromatic heterocycles. The minimum Gasteiger partial charge on any atom is -0.391 e. The van der Waals surface area contributed by atoms with Crippen LogP contribution in [0.4, 0.5) is 0 Å². The molecule has 1 fully saturated rings. The highest BCUT2D eigenvalue weighted by atomic mass is 16.5. The van der Waals surface area contributed by atoms with E-state index in [4.69, 9.17) is 4.74 Å². The number of aliphatic hydroxyl groups is 1. The van der Waals surface area contributed by atoms with Crippen molar-refractivity contribution in [1.82, 2.24) is 10.2 Å². The van der Waals surface area contributed by atoms with E-state index in [1.807, 2.05) is 0 Å². The molecule has 2 N–H and O–H groups in total. The van der Waals surface area contributed by atoms with Crippen molar-refractivity contribution in [2.75, 3.05) is 39.9 Å². The van der Waals surface area contributed by atoms with E-state index in [0.29, 0.717) is 39.2 Å². The zero-order valence-electron chi connectivity index (χ0n) is 8.53. The second-order valence-electron chi connectivity index (χ2n) is 3.45. The van der Waals surface area contributed by atoms with E-state index in [9.17, 15) is 9.90 Å². The molecule has 5 heteroatoms. The molecule has 0 radical (unpaired) electrons. The quantitative estimate of drug-likeness (QED) is 0.551. The molecule has 1 rings (SSSR count). The lowest BCUT2D eigenvalue weighted by Gasteiger charge is -2.15. The van der Waals surface area contributed by atoms with Crippen molar-refractivity contribution in [2.45, 2.75) is 12.5 Å². The van der Waals surface area contributed by atoms with Gasteiger partial charge in [-0.2, -0.15) is 0 Å². The summed E-state index contributed by atoms with van der Waals surface area (Å²) in [4.78, 5) is 13.2. The molecule has 0 spiro atoms. The summed E-state index contributed by atoms with van der Waals surface area (Å²) < 4.78 is 4.84. The van der Waals surface area contributed by atoms with Gasteiger partial charge in [-0.25, -0.2) is 0 Å². The van der Waals surface area contributed by atoms with Gasteiger partial charge in [0.25, 0.3) is 0 Å². The third kappa shape index (κ3) is 3.61. The first kappa shape index (κ1) is 11.4. The molecule has 1 aliphatic rings. The number of methoxy groups -OCH3 is 1. The first-order valence-electron chi connectivity index (χ1n) is 4.89. The number of carbonyl (C=O) groups is 1. The second-order valence-corrected chi connectivity index (χ2v) is 3.45. The summed E-state index contributed by atoms with van der Waals surface area (Å²) in [5, 5.41) is 12.2. The van der Waals surface area contributed by atoms with Crippen molar-refractivity contribution in [1.29, 1.82) is 0 Å². The third-order valence-electron chi connectivity index (χ3n) is 2.28. The van der Waals surface area contributed by atoms with Crippen molar-refractivity contribution in [3.63, 3.8) is 0 Å². The van der Waals surface area contributed by atoms with Crippen molar-refractivity contribution in [2.24, 2.45) is 0 Å². The minimum absolute atomic E-state index is 0.0534. The number of nitrogens with zero attached hydrogens (tertiary/aromatic N) is 1. The van der Waals surface area contributed by atoms with Gasteiger partial charge in [0.15, 0.2) is 0 Å². The number of β-amino-alcohol motifs (C(OH)–C–C–N with tert-alkyl or cyclic N) is 1. The molecule has 0 aromatic rings. The van der Waals surface area contributed by atoms with Gasteiger partial charge < -0.3 is 20.1 Å². The van der Waals surface area contributed by atoms with Crippen molar-refractivity contribution in [3.8, 4) is 0 Å². The first-order valence-corrected chi connectivity index (χ1v) is 4.89. The second kappa shape index (κ2) is 5.95. The van der Waals surface area contributed by atoms with Crippen molar-refractivity contribution >= 4 is 5.91 Å². The van der Waals surface area contributed by atoms with Crippen LogP contribution in [0.25, 0.3) is 0 Å². The molecule has 0 unspecified atom stereocenters. The molecule has 14 heavy (non-hydrogen) atoms. The smallest absolute Gasteiger partial charge is 0.236 e. The molecule has 1 saturated heterocycles. The van der Waals surface area contributed by atoms with Crippen LogP contribution in [0.5, 0.6) is 0 Å². The molecule has 1 amide bonds. The number of amides is 1. The lowest BCUT2D eigenvalue weighted by Crippen LogP contribution is -2.38. The lowest BCUT2D eigenvalue weighted by molar-refractivity contribution is -0.129. The molecule has 5 nitrogen and oxygen atoms in total. The van der Waals surface area contributed by atoms with E-state index in [1.165, 1.54) is 0 Å². The normalized spacial score (nSPS) is 21.6. The fourth-order valence-corrected chi connectivity index (χ4v) is 1.45. The average molecular weight is 202 g/mol. The van der Waals surface area contributed by atoms with Crippen molar-refractivity contribution in [3.05, 3.63) is 0 Å². The van der Waals surface area contributed by atoms with Crippen LogP contribution in [-0.4, -0.2) is 61.9 Å². The maximum Gasteiger partial charge on any atom is 0.236 e. The Labute approximate surface area is 84.0 Å². The van der Waals surface area contributed by atoms with E-state index in [-0.39, 0.29) is 12.0 Å². The number of aliphatic hydroxyl groups excluding tert-OH is 1. The summed E-state index contributed by atoms with van der Waals surface area (Å²) in [7, 11) is 1.63. The maximum atomic E-state index is 11.5. The van der Waals surface area contributed by atoms with E-state index < -0.39 is 0 Å². The summed E-state index contributed by atoms with van der Waals surface area (Å²) in [5.74, 6) is 0.0534.